The molecule has 0 spiro atoms. The number of carbonyl (C=O) groups excluding carboxylic acids is 3. The molecule has 0 aromatic carbocycles. The van der Waals surface area contributed by atoms with Crippen LogP contribution < -0.4 is 0 Å². The third-order valence-electron chi connectivity index (χ3n) is 1.57. The number of hydrogen-bond donors (Lipinski definition) is 1. The van der Waals surface area contributed by atoms with Gasteiger partial charge in [0.1, 0.15) is 19.3 Å². The number of carbonyl (C=O) groups is 3. The summed E-state index contributed by atoms with van der Waals surface area (Å²) in [7, 11) is 0. The van der Waals surface area contributed by atoms with Crippen LogP contribution in [0, 0.1) is 0 Å². The lowest BCUT2D eigenvalue weighted by atomic mass is 10.4. The molecule has 7 nitrogen and oxygen atoms in total. The van der Waals surface area contributed by atoms with Gasteiger partial charge in [0.2, 0.25) is 0 Å². The highest BCUT2D eigenvalue weighted by Gasteiger charge is 2.13. The molecule has 0 aliphatic heterocycles. The van der Waals surface area contributed by atoms with Gasteiger partial charge in [-0.15, -0.1) is 0 Å². The minimum atomic E-state index is -1.28. The molecule has 0 aliphatic rings. The van der Waals surface area contributed by atoms with Gasteiger partial charge in [0.25, 0.3) is 0 Å². The number of aliphatic hydroxyl groups excluding tert-OH is 1. The van der Waals surface area contributed by atoms with Crippen LogP contribution in [0.25, 0.3) is 0 Å². The Morgan fingerprint density at radius 1 is 1.06 bits per heavy atom. The highest BCUT2D eigenvalue weighted by molar-refractivity contribution is 5.78. The van der Waals surface area contributed by atoms with E-state index in [1.165, 1.54) is 6.92 Å². The lowest BCUT2D eigenvalue weighted by Crippen LogP contribution is -2.24. The number of ether oxygens (including phenoxy) is 3. The smallest absolute Gasteiger partial charge is 0.344 e. The summed E-state index contributed by atoms with van der Waals surface area (Å²) in [6.45, 7) is 2.15. The Morgan fingerprint density at radius 2 is 1.59 bits per heavy atom. The molecular weight excluding hydrogens is 232 g/mol. The van der Waals surface area contributed by atoms with E-state index in [-0.39, 0.29) is 25.6 Å². The van der Waals surface area contributed by atoms with Crippen LogP contribution in [0.2, 0.25) is 0 Å². The van der Waals surface area contributed by atoms with Gasteiger partial charge >= 0.3 is 17.9 Å². The van der Waals surface area contributed by atoms with Crippen molar-refractivity contribution < 1.29 is 33.7 Å². The van der Waals surface area contributed by atoms with Crippen molar-refractivity contribution in [2.75, 3.05) is 19.8 Å². The second-order valence-corrected chi connectivity index (χ2v) is 3.08. The van der Waals surface area contributed by atoms with E-state index in [1.807, 2.05) is 0 Å². The molecule has 0 bridgehead atoms. The van der Waals surface area contributed by atoms with Crippen molar-refractivity contribution in [3.63, 3.8) is 0 Å². The molecule has 1 N–H and O–H groups in total. The number of esters is 3. The molecule has 0 aromatic heterocycles. The molecule has 1 atom stereocenters. The van der Waals surface area contributed by atoms with Gasteiger partial charge in [-0.25, -0.2) is 9.59 Å². The summed E-state index contributed by atoms with van der Waals surface area (Å²) in [6.07, 6.45) is -1.03. The lowest BCUT2D eigenvalue weighted by Gasteiger charge is -2.07. The summed E-state index contributed by atoms with van der Waals surface area (Å²) in [6, 6.07) is 0. The summed E-state index contributed by atoms with van der Waals surface area (Å²) < 4.78 is 13.6. The molecule has 0 amide bonds. The van der Waals surface area contributed by atoms with Gasteiger partial charge in [0.05, 0.1) is 0 Å². The predicted molar refractivity (Wildman–Crippen MR) is 54.8 cm³/mol. The molecule has 0 heterocycles. The molecule has 7 heteroatoms. The monoisotopic (exact) mass is 248 g/mol. The van der Waals surface area contributed by atoms with Crippen molar-refractivity contribution >= 4 is 17.9 Å². The Hall–Kier alpha value is -1.63. The van der Waals surface area contributed by atoms with E-state index < -0.39 is 24.6 Å². The Bertz CT molecular complexity index is 272. The molecule has 0 fully saturated rings. The molecule has 1 unspecified atom stereocenters. The van der Waals surface area contributed by atoms with Gasteiger partial charge in [0, 0.05) is 6.42 Å². The van der Waals surface area contributed by atoms with Gasteiger partial charge in [-0.1, -0.05) is 6.92 Å². The molecule has 0 radical (unpaired) electrons. The van der Waals surface area contributed by atoms with Crippen molar-refractivity contribution in [3.05, 3.63) is 0 Å². The zero-order chi connectivity index (χ0) is 13.3. The van der Waals surface area contributed by atoms with E-state index in [2.05, 4.69) is 14.2 Å². The maximum atomic E-state index is 11.0. The first-order valence-electron chi connectivity index (χ1n) is 5.13. The fourth-order valence-electron chi connectivity index (χ4n) is 0.705. The van der Waals surface area contributed by atoms with Gasteiger partial charge in [-0.05, 0) is 6.92 Å². The fourth-order valence-corrected chi connectivity index (χ4v) is 0.705. The van der Waals surface area contributed by atoms with Crippen molar-refractivity contribution in [2.24, 2.45) is 0 Å². The van der Waals surface area contributed by atoms with Gasteiger partial charge in [-0.2, -0.15) is 0 Å². The van der Waals surface area contributed by atoms with E-state index >= 15 is 0 Å². The van der Waals surface area contributed by atoms with Crippen molar-refractivity contribution in [1.82, 2.24) is 0 Å². The van der Waals surface area contributed by atoms with Gasteiger partial charge in [0.15, 0.2) is 6.61 Å². The minimum Gasteiger partial charge on any atom is -0.462 e. The van der Waals surface area contributed by atoms with Crippen LogP contribution in [0.1, 0.15) is 20.3 Å². The van der Waals surface area contributed by atoms with Crippen LogP contribution >= 0.6 is 0 Å². The van der Waals surface area contributed by atoms with E-state index in [9.17, 15) is 14.4 Å². The quantitative estimate of drug-likeness (QED) is 0.365. The maximum Gasteiger partial charge on any atom is 0.344 e. The fraction of sp³-hybridized carbons (Fsp3) is 0.700. The third kappa shape index (κ3) is 8.21. The number of hydrogen-bond acceptors (Lipinski definition) is 7. The van der Waals surface area contributed by atoms with Crippen LogP contribution in [0.5, 0.6) is 0 Å². The first kappa shape index (κ1) is 15.4. The third-order valence-corrected chi connectivity index (χ3v) is 1.57. The standard InChI is InChI=1S/C10H16O7/c1-3-8(12)15-4-5-16-9(13)6-17-10(14)7(2)11/h7,11H,3-6H2,1-2H3. The van der Waals surface area contributed by atoms with Crippen LogP contribution in [0.15, 0.2) is 0 Å². The lowest BCUT2D eigenvalue weighted by molar-refractivity contribution is -0.165. The molecule has 98 valence electrons. The van der Waals surface area contributed by atoms with E-state index in [0.29, 0.717) is 0 Å². The summed E-state index contributed by atoms with van der Waals surface area (Å²) in [4.78, 5) is 32.4. The zero-order valence-electron chi connectivity index (χ0n) is 9.80. The molecule has 0 rings (SSSR count). The first-order valence-corrected chi connectivity index (χ1v) is 5.13. The molecular formula is C10H16O7. The SMILES string of the molecule is CCC(=O)OCCOC(=O)COC(=O)C(C)O. The van der Waals surface area contributed by atoms with Crippen LogP contribution in [0.4, 0.5) is 0 Å². The molecule has 0 saturated carbocycles. The van der Waals surface area contributed by atoms with Crippen LogP contribution in [-0.4, -0.2) is 48.9 Å². The van der Waals surface area contributed by atoms with Gasteiger partial charge < -0.3 is 19.3 Å². The van der Waals surface area contributed by atoms with E-state index in [4.69, 9.17) is 5.11 Å². The maximum absolute atomic E-state index is 11.0. The number of rotatable bonds is 7. The van der Waals surface area contributed by atoms with Crippen molar-refractivity contribution in [1.29, 1.82) is 0 Å². The average molecular weight is 248 g/mol. The topological polar surface area (TPSA) is 99.1 Å². The molecule has 0 saturated heterocycles. The second kappa shape index (κ2) is 8.51. The summed E-state index contributed by atoms with van der Waals surface area (Å²) in [5.74, 6) is -2.06. The normalized spacial score (nSPS) is 11.5. The second-order valence-electron chi connectivity index (χ2n) is 3.08. The molecule has 0 aromatic rings. The van der Waals surface area contributed by atoms with Crippen LogP contribution in [0.3, 0.4) is 0 Å². The summed E-state index contributed by atoms with van der Waals surface area (Å²) in [5, 5.41) is 8.75. The van der Waals surface area contributed by atoms with Crippen LogP contribution in [-0.2, 0) is 28.6 Å². The number of aliphatic hydroxyl groups is 1. The molecule has 0 aliphatic carbocycles. The Labute approximate surface area is 98.6 Å². The highest BCUT2D eigenvalue weighted by Crippen LogP contribution is 1.89. The van der Waals surface area contributed by atoms with E-state index in [1.54, 1.807) is 6.92 Å². The summed E-state index contributed by atoms with van der Waals surface area (Å²) >= 11 is 0. The Morgan fingerprint density at radius 3 is 2.06 bits per heavy atom. The zero-order valence-corrected chi connectivity index (χ0v) is 9.80. The largest absolute Gasteiger partial charge is 0.462 e. The van der Waals surface area contributed by atoms with Crippen molar-refractivity contribution in [3.8, 4) is 0 Å². The Kier molecular flexibility index (Phi) is 7.70. The minimum absolute atomic E-state index is 0.0389. The highest BCUT2D eigenvalue weighted by atomic mass is 16.6. The Balaban J connectivity index is 3.54. The van der Waals surface area contributed by atoms with E-state index in [0.717, 1.165) is 0 Å². The average Bonchev–Trinajstić information content (AvgIpc) is 2.30. The molecule has 17 heavy (non-hydrogen) atoms. The van der Waals surface area contributed by atoms with Gasteiger partial charge in [-0.3, -0.25) is 4.79 Å². The predicted octanol–water partition coefficient (Wildman–Crippen LogP) is -0.593. The first-order chi connectivity index (χ1) is 7.97. The van der Waals surface area contributed by atoms with Crippen molar-refractivity contribution in [2.45, 2.75) is 26.4 Å². The summed E-state index contributed by atoms with van der Waals surface area (Å²) in [5.41, 5.74) is 0.